The molecular formula is C14H16N2O. The molecule has 2 aromatic rings. The second-order valence-corrected chi connectivity index (χ2v) is 4.45. The number of nitrogens with one attached hydrogen (secondary N) is 1. The lowest BCUT2D eigenvalue weighted by molar-refractivity contribution is 0.378. The van der Waals surface area contributed by atoms with Crippen LogP contribution >= 0.6 is 0 Å². The molecule has 0 bridgehead atoms. The monoisotopic (exact) mass is 228 g/mol. The van der Waals surface area contributed by atoms with Crippen molar-refractivity contribution < 1.29 is 4.42 Å². The fourth-order valence-electron chi connectivity index (χ4n) is 2.28. The van der Waals surface area contributed by atoms with Crippen molar-refractivity contribution in [2.75, 3.05) is 13.1 Å². The van der Waals surface area contributed by atoms with E-state index in [1.807, 2.05) is 36.5 Å². The van der Waals surface area contributed by atoms with Gasteiger partial charge in [0.05, 0.1) is 6.20 Å². The van der Waals surface area contributed by atoms with E-state index in [0.29, 0.717) is 5.92 Å². The second-order valence-electron chi connectivity index (χ2n) is 4.45. The quantitative estimate of drug-likeness (QED) is 0.859. The zero-order chi connectivity index (χ0) is 11.5. The fourth-order valence-corrected chi connectivity index (χ4v) is 2.28. The minimum absolute atomic E-state index is 0.480. The van der Waals surface area contributed by atoms with Crippen LogP contribution in [-0.4, -0.2) is 18.1 Å². The van der Waals surface area contributed by atoms with Crippen LogP contribution < -0.4 is 5.32 Å². The summed E-state index contributed by atoms with van der Waals surface area (Å²) in [5, 5.41) is 3.35. The minimum atomic E-state index is 0.480. The Kier molecular flexibility index (Phi) is 2.92. The first kappa shape index (κ1) is 10.5. The Morgan fingerprint density at radius 1 is 1.12 bits per heavy atom. The van der Waals surface area contributed by atoms with E-state index in [0.717, 1.165) is 43.1 Å². The van der Waals surface area contributed by atoms with Gasteiger partial charge in [-0.05, 0) is 25.9 Å². The highest BCUT2D eigenvalue weighted by Gasteiger charge is 2.20. The minimum Gasteiger partial charge on any atom is -0.440 e. The summed E-state index contributed by atoms with van der Waals surface area (Å²) >= 11 is 0. The van der Waals surface area contributed by atoms with Crippen molar-refractivity contribution in [2.24, 2.45) is 0 Å². The average Bonchev–Trinajstić information content (AvgIpc) is 2.90. The zero-order valence-corrected chi connectivity index (χ0v) is 9.73. The molecule has 3 rings (SSSR count). The van der Waals surface area contributed by atoms with Crippen molar-refractivity contribution in [3.05, 3.63) is 42.4 Å². The van der Waals surface area contributed by atoms with Crippen molar-refractivity contribution >= 4 is 0 Å². The smallest absolute Gasteiger partial charge is 0.198 e. The van der Waals surface area contributed by atoms with Crippen molar-refractivity contribution in [3.8, 4) is 11.3 Å². The summed E-state index contributed by atoms with van der Waals surface area (Å²) in [5.41, 5.74) is 1.10. The number of hydrogen-bond donors (Lipinski definition) is 1. The van der Waals surface area contributed by atoms with E-state index in [2.05, 4.69) is 10.3 Å². The summed E-state index contributed by atoms with van der Waals surface area (Å²) in [6.07, 6.45) is 4.08. The van der Waals surface area contributed by atoms with Gasteiger partial charge in [-0.25, -0.2) is 4.98 Å². The maximum Gasteiger partial charge on any atom is 0.198 e. The molecular weight excluding hydrogens is 212 g/mol. The molecule has 0 atom stereocenters. The molecule has 1 aliphatic heterocycles. The van der Waals surface area contributed by atoms with Gasteiger partial charge in [-0.1, -0.05) is 30.3 Å². The topological polar surface area (TPSA) is 38.1 Å². The normalized spacial score (nSPS) is 17.2. The number of benzene rings is 1. The van der Waals surface area contributed by atoms with E-state index in [-0.39, 0.29) is 0 Å². The molecule has 1 aromatic heterocycles. The van der Waals surface area contributed by atoms with Crippen molar-refractivity contribution in [2.45, 2.75) is 18.8 Å². The standard InChI is InChI=1S/C14H16N2O/c1-2-4-11(5-3-1)13-10-16-14(17-13)12-6-8-15-9-7-12/h1-5,10,12,15H,6-9H2. The molecule has 0 aliphatic carbocycles. The number of aromatic nitrogens is 1. The Hall–Kier alpha value is -1.61. The molecule has 0 radical (unpaired) electrons. The Bertz CT molecular complexity index is 472. The fraction of sp³-hybridized carbons (Fsp3) is 0.357. The SMILES string of the molecule is c1ccc(-c2cnc(C3CCNCC3)o2)cc1. The van der Waals surface area contributed by atoms with Crippen LogP contribution in [0.1, 0.15) is 24.7 Å². The number of oxazole rings is 1. The Balaban J connectivity index is 1.83. The molecule has 1 aliphatic rings. The first-order valence-corrected chi connectivity index (χ1v) is 6.15. The molecule has 0 unspecified atom stereocenters. The second kappa shape index (κ2) is 4.72. The lowest BCUT2D eigenvalue weighted by atomic mass is 9.98. The highest BCUT2D eigenvalue weighted by Crippen LogP contribution is 2.28. The molecule has 1 aromatic carbocycles. The van der Waals surface area contributed by atoms with Crippen LogP contribution in [0.4, 0.5) is 0 Å². The maximum absolute atomic E-state index is 5.87. The average molecular weight is 228 g/mol. The third kappa shape index (κ3) is 2.24. The number of rotatable bonds is 2. The molecule has 0 spiro atoms. The van der Waals surface area contributed by atoms with Crippen molar-refractivity contribution in [1.82, 2.24) is 10.3 Å². The van der Waals surface area contributed by atoms with E-state index in [1.54, 1.807) is 0 Å². The van der Waals surface area contributed by atoms with Gasteiger partial charge in [0.25, 0.3) is 0 Å². The first-order valence-electron chi connectivity index (χ1n) is 6.15. The van der Waals surface area contributed by atoms with E-state index in [4.69, 9.17) is 4.42 Å². The van der Waals surface area contributed by atoms with Gasteiger partial charge in [-0.3, -0.25) is 0 Å². The molecule has 0 amide bonds. The predicted molar refractivity (Wildman–Crippen MR) is 66.8 cm³/mol. The predicted octanol–water partition coefficient (Wildman–Crippen LogP) is 2.81. The van der Waals surface area contributed by atoms with Crippen LogP contribution in [0.3, 0.4) is 0 Å². The van der Waals surface area contributed by atoms with Crippen LogP contribution in [0.25, 0.3) is 11.3 Å². The molecule has 1 saturated heterocycles. The third-order valence-electron chi connectivity index (χ3n) is 3.27. The molecule has 88 valence electrons. The van der Waals surface area contributed by atoms with Crippen LogP contribution in [0.5, 0.6) is 0 Å². The van der Waals surface area contributed by atoms with Crippen molar-refractivity contribution in [3.63, 3.8) is 0 Å². The summed E-state index contributed by atoms with van der Waals surface area (Å²) in [6.45, 7) is 2.13. The molecule has 1 N–H and O–H groups in total. The van der Waals surface area contributed by atoms with E-state index >= 15 is 0 Å². The Morgan fingerprint density at radius 3 is 2.65 bits per heavy atom. The van der Waals surface area contributed by atoms with Crippen LogP contribution in [-0.2, 0) is 0 Å². The highest BCUT2D eigenvalue weighted by atomic mass is 16.4. The molecule has 17 heavy (non-hydrogen) atoms. The molecule has 3 nitrogen and oxygen atoms in total. The van der Waals surface area contributed by atoms with E-state index < -0.39 is 0 Å². The number of hydrogen-bond acceptors (Lipinski definition) is 3. The van der Waals surface area contributed by atoms with Crippen LogP contribution in [0.2, 0.25) is 0 Å². The molecule has 2 heterocycles. The zero-order valence-electron chi connectivity index (χ0n) is 9.73. The van der Waals surface area contributed by atoms with Crippen molar-refractivity contribution in [1.29, 1.82) is 0 Å². The van der Waals surface area contributed by atoms with Gasteiger partial charge in [0.1, 0.15) is 0 Å². The van der Waals surface area contributed by atoms with Gasteiger partial charge in [0, 0.05) is 11.5 Å². The Labute approximate surface area is 101 Å². The lowest BCUT2D eigenvalue weighted by Crippen LogP contribution is -2.26. The van der Waals surface area contributed by atoms with Crippen LogP contribution in [0, 0.1) is 0 Å². The number of nitrogens with zero attached hydrogens (tertiary/aromatic N) is 1. The van der Waals surface area contributed by atoms with Gasteiger partial charge in [-0.2, -0.15) is 0 Å². The lowest BCUT2D eigenvalue weighted by Gasteiger charge is -2.19. The molecule has 1 fully saturated rings. The van der Waals surface area contributed by atoms with Gasteiger partial charge in [0.15, 0.2) is 11.7 Å². The summed E-state index contributed by atoms with van der Waals surface area (Å²) in [7, 11) is 0. The maximum atomic E-state index is 5.87. The summed E-state index contributed by atoms with van der Waals surface area (Å²) < 4.78 is 5.87. The van der Waals surface area contributed by atoms with Gasteiger partial charge in [0.2, 0.25) is 0 Å². The van der Waals surface area contributed by atoms with Crippen LogP contribution in [0.15, 0.2) is 40.9 Å². The van der Waals surface area contributed by atoms with E-state index in [1.165, 1.54) is 0 Å². The largest absolute Gasteiger partial charge is 0.440 e. The third-order valence-corrected chi connectivity index (χ3v) is 3.27. The molecule has 3 heteroatoms. The summed E-state index contributed by atoms with van der Waals surface area (Å²) in [6, 6.07) is 10.1. The van der Waals surface area contributed by atoms with E-state index in [9.17, 15) is 0 Å². The summed E-state index contributed by atoms with van der Waals surface area (Å²) in [4.78, 5) is 4.42. The molecule has 0 saturated carbocycles. The first-order chi connectivity index (χ1) is 8.43. The highest BCUT2D eigenvalue weighted by molar-refractivity contribution is 5.55. The van der Waals surface area contributed by atoms with Gasteiger partial charge in [-0.15, -0.1) is 0 Å². The number of piperidine rings is 1. The summed E-state index contributed by atoms with van der Waals surface area (Å²) in [5.74, 6) is 2.25. The Morgan fingerprint density at radius 2 is 1.88 bits per heavy atom. The van der Waals surface area contributed by atoms with Gasteiger partial charge >= 0.3 is 0 Å². The van der Waals surface area contributed by atoms with Gasteiger partial charge < -0.3 is 9.73 Å².